The molecule has 0 spiro atoms. The van der Waals surface area contributed by atoms with Gasteiger partial charge in [-0.2, -0.15) is 0 Å². The van der Waals surface area contributed by atoms with Crippen LogP contribution >= 0.6 is 11.5 Å². The summed E-state index contributed by atoms with van der Waals surface area (Å²) in [6.45, 7) is 3.12. The van der Waals surface area contributed by atoms with Gasteiger partial charge in [0.25, 0.3) is 0 Å². The quantitative estimate of drug-likeness (QED) is 0.891. The summed E-state index contributed by atoms with van der Waals surface area (Å²) in [4.78, 5) is 25.4. The van der Waals surface area contributed by atoms with E-state index in [0.717, 1.165) is 30.9 Å². The molecule has 0 aromatic carbocycles. The SMILES string of the molecule is CCC(=O)N1CCCC(C(=O)Nc2cnns2)C1. The van der Waals surface area contributed by atoms with E-state index >= 15 is 0 Å². The number of likely N-dealkylation sites (tertiary alicyclic amines) is 1. The second kappa shape index (κ2) is 5.90. The van der Waals surface area contributed by atoms with Crippen molar-refractivity contribution in [3.63, 3.8) is 0 Å². The summed E-state index contributed by atoms with van der Waals surface area (Å²) in [6.07, 6.45) is 3.73. The molecule has 0 aliphatic carbocycles. The summed E-state index contributed by atoms with van der Waals surface area (Å²) in [5, 5.41) is 7.10. The van der Waals surface area contributed by atoms with Crippen LogP contribution in [0.2, 0.25) is 0 Å². The van der Waals surface area contributed by atoms with Crippen LogP contribution in [0.3, 0.4) is 0 Å². The van der Waals surface area contributed by atoms with Gasteiger partial charge >= 0.3 is 0 Å². The number of hydrogen-bond donors (Lipinski definition) is 1. The van der Waals surface area contributed by atoms with Gasteiger partial charge in [0.2, 0.25) is 11.8 Å². The van der Waals surface area contributed by atoms with Crippen molar-refractivity contribution in [2.75, 3.05) is 18.4 Å². The Morgan fingerprint density at radius 2 is 2.44 bits per heavy atom. The van der Waals surface area contributed by atoms with Crippen LogP contribution in [-0.4, -0.2) is 39.4 Å². The van der Waals surface area contributed by atoms with Gasteiger partial charge in [-0.05, 0) is 12.8 Å². The van der Waals surface area contributed by atoms with E-state index in [2.05, 4.69) is 14.9 Å². The molecule has 7 heteroatoms. The van der Waals surface area contributed by atoms with E-state index < -0.39 is 0 Å². The molecule has 1 saturated heterocycles. The predicted molar refractivity (Wildman–Crippen MR) is 68.1 cm³/mol. The van der Waals surface area contributed by atoms with E-state index in [1.54, 1.807) is 4.90 Å². The second-order valence-corrected chi connectivity index (χ2v) is 5.09. The van der Waals surface area contributed by atoms with E-state index in [9.17, 15) is 9.59 Å². The Kier molecular flexibility index (Phi) is 4.24. The maximum Gasteiger partial charge on any atom is 0.229 e. The number of carbonyl (C=O) groups excluding carboxylic acids is 2. The number of carbonyl (C=O) groups is 2. The van der Waals surface area contributed by atoms with Crippen molar-refractivity contribution in [1.29, 1.82) is 0 Å². The van der Waals surface area contributed by atoms with Crippen molar-refractivity contribution in [1.82, 2.24) is 14.5 Å². The predicted octanol–water partition coefficient (Wildman–Crippen LogP) is 1.13. The lowest BCUT2D eigenvalue weighted by Crippen LogP contribution is -2.43. The third kappa shape index (κ3) is 3.04. The zero-order valence-electron chi connectivity index (χ0n) is 10.3. The fourth-order valence-corrected chi connectivity index (χ4v) is 2.51. The fourth-order valence-electron chi connectivity index (χ4n) is 2.09. The maximum absolute atomic E-state index is 12.0. The molecule has 2 heterocycles. The molecular formula is C11H16N4O2S. The minimum Gasteiger partial charge on any atom is -0.342 e. The first-order valence-electron chi connectivity index (χ1n) is 6.06. The molecule has 1 fully saturated rings. The van der Waals surface area contributed by atoms with Crippen molar-refractivity contribution in [2.45, 2.75) is 26.2 Å². The highest BCUT2D eigenvalue weighted by Gasteiger charge is 2.27. The van der Waals surface area contributed by atoms with Crippen LogP contribution < -0.4 is 5.32 Å². The molecule has 98 valence electrons. The molecule has 2 amide bonds. The molecule has 6 nitrogen and oxygen atoms in total. The monoisotopic (exact) mass is 268 g/mol. The normalized spacial score (nSPS) is 19.6. The van der Waals surface area contributed by atoms with Gasteiger partial charge in [0.05, 0.1) is 12.1 Å². The summed E-state index contributed by atoms with van der Waals surface area (Å²) < 4.78 is 3.69. The summed E-state index contributed by atoms with van der Waals surface area (Å²) in [6, 6.07) is 0. The van der Waals surface area contributed by atoms with Gasteiger partial charge in [0.15, 0.2) is 0 Å². The van der Waals surface area contributed by atoms with Crippen LogP contribution in [0, 0.1) is 5.92 Å². The van der Waals surface area contributed by atoms with Crippen LogP contribution in [-0.2, 0) is 9.59 Å². The first kappa shape index (κ1) is 12.9. The molecular weight excluding hydrogens is 252 g/mol. The number of nitrogens with zero attached hydrogens (tertiary/aromatic N) is 3. The summed E-state index contributed by atoms with van der Waals surface area (Å²) in [5.41, 5.74) is 0. The molecule has 1 unspecified atom stereocenters. The van der Waals surface area contributed by atoms with Crippen molar-refractivity contribution in [3.8, 4) is 0 Å². The molecule has 0 radical (unpaired) electrons. The van der Waals surface area contributed by atoms with Crippen molar-refractivity contribution >= 4 is 28.3 Å². The topological polar surface area (TPSA) is 75.2 Å². The number of hydrogen-bond acceptors (Lipinski definition) is 5. The van der Waals surface area contributed by atoms with E-state index in [-0.39, 0.29) is 17.7 Å². The highest BCUT2D eigenvalue weighted by molar-refractivity contribution is 7.10. The molecule has 0 saturated carbocycles. The Labute approximate surface area is 110 Å². The lowest BCUT2D eigenvalue weighted by molar-refractivity contribution is -0.134. The Bertz CT molecular complexity index is 421. The average Bonchev–Trinajstić information content (AvgIpc) is 2.90. The van der Waals surface area contributed by atoms with Crippen LogP contribution in [0.15, 0.2) is 6.20 Å². The first-order chi connectivity index (χ1) is 8.70. The fraction of sp³-hybridized carbons (Fsp3) is 0.636. The second-order valence-electron chi connectivity index (χ2n) is 4.30. The Hall–Kier alpha value is -1.50. The van der Waals surface area contributed by atoms with Gasteiger partial charge in [-0.3, -0.25) is 9.59 Å². The minimum atomic E-state index is -0.128. The summed E-state index contributed by atoms with van der Waals surface area (Å²) in [5.74, 6) is -0.0574. The third-order valence-corrected chi connectivity index (χ3v) is 3.64. The van der Waals surface area contributed by atoms with Gasteiger partial charge in [-0.1, -0.05) is 11.4 Å². The Morgan fingerprint density at radius 1 is 1.61 bits per heavy atom. The zero-order chi connectivity index (χ0) is 13.0. The number of nitrogens with one attached hydrogen (secondary N) is 1. The number of aromatic nitrogens is 2. The lowest BCUT2D eigenvalue weighted by atomic mass is 9.97. The molecule has 1 N–H and O–H groups in total. The molecule has 18 heavy (non-hydrogen) atoms. The van der Waals surface area contributed by atoms with Crippen molar-refractivity contribution in [3.05, 3.63) is 6.20 Å². The van der Waals surface area contributed by atoms with Gasteiger partial charge in [-0.25, -0.2) is 0 Å². The number of piperidine rings is 1. The zero-order valence-corrected chi connectivity index (χ0v) is 11.1. The van der Waals surface area contributed by atoms with Crippen molar-refractivity contribution < 1.29 is 9.59 Å². The van der Waals surface area contributed by atoms with E-state index in [0.29, 0.717) is 18.0 Å². The molecule has 1 aliphatic rings. The first-order valence-corrected chi connectivity index (χ1v) is 6.84. The lowest BCUT2D eigenvalue weighted by Gasteiger charge is -2.31. The standard InChI is InChI=1S/C11H16N4O2S/c1-2-10(16)15-5-3-4-8(7-15)11(17)13-9-6-12-14-18-9/h6,8H,2-5,7H2,1H3,(H,13,17). The van der Waals surface area contributed by atoms with E-state index in [4.69, 9.17) is 0 Å². The smallest absolute Gasteiger partial charge is 0.229 e. The summed E-state index contributed by atoms with van der Waals surface area (Å²) in [7, 11) is 0. The van der Waals surface area contributed by atoms with Crippen LogP contribution in [0.25, 0.3) is 0 Å². The van der Waals surface area contributed by atoms with Crippen LogP contribution in [0.5, 0.6) is 0 Å². The van der Waals surface area contributed by atoms with Gasteiger partial charge < -0.3 is 10.2 Å². The molecule has 0 bridgehead atoms. The van der Waals surface area contributed by atoms with Gasteiger partial charge in [-0.15, -0.1) is 5.10 Å². The molecule has 1 atom stereocenters. The number of amides is 2. The Balaban J connectivity index is 1.92. The highest BCUT2D eigenvalue weighted by atomic mass is 32.1. The van der Waals surface area contributed by atoms with Crippen LogP contribution in [0.1, 0.15) is 26.2 Å². The van der Waals surface area contributed by atoms with Gasteiger partial charge in [0.1, 0.15) is 5.00 Å². The van der Waals surface area contributed by atoms with Crippen molar-refractivity contribution in [2.24, 2.45) is 5.92 Å². The van der Waals surface area contributed by atoms with Crippen LogP contribution in [0.4, 0.5) is 5.00 Å². The number of rotatable bonds is 3. The molecule has 1 aliphatic heterocycles. The maximum atomic E-state index is 12.0. The van der Waals surface area contributed by atoms with Gasteiger partial charge in [0, 0.05) is 31.0 Å². The van der Waals surface area contributed by atoms with E-state index in [1.165, 1.54) is 6.20 Å². The minimum absolute atomic E-state index is 0.0466. The molecule has 1 aromatic heterocycles. The average molecular weight is 268 g/mol. The Morgan fingerprint density at radius 3 is 3.11 bits per heavy atom. The largest absolute Gasteiger partial charge is 0.342 e. The van der Waals surface area contributed by atoms with E-state index in [1.807, 2.05) is 6.92 Å². The third-order valence-electron chi connectivity index (χ3n) is 3.06. The number of anilines is 1. The highest BCUT2D eigenvalue weighted by Crippen LogP contribution is 2.20. The molecule has 1 aromatic rings. The summed E-state index contributed by atoms with van der Waals surface area (Å²) >= 11 is 1.15. The molecule has 2 rings (SSSR count).